The van der Waals surface area contributed by atoms with Gasteiger partial charge in [-0.15, -0.1) is 0 Å². The normalized spacial score (nSPS) is 12.5. The van der Waals surface area contributed by atoms with Crippen LogP contribution in [0.25, 0.3) is 0 Å². The van der Waals surface area contributed by atoms with E-state index < -0.39 is 0 Å². The molecule has 0 heterocycles. The van der Waals surface area contributed by atoms with Crippen LogP contribution in [0.4, 0.5) is 8.78 Å². The topological polar surface area (TPSA) is 12.0 Å². The lowest BCUT2D eigenvalue weighted by Crippen LogP contribution is -2.24. The number of rotatable bonds is 4. The predicted molar refractivity (Wildman–Crippen MR) is 82.8 cm³/mol. The first-order chi connectivity index (χ1) is 9.93. The van der Waals surface area contributed by atoms with Gasteiger partial charge in [0.25, 0.3) is 0 Å². The standard InChI is InChI=1S/C17H18ClF2N/c1-4-21-17(14-6-5-12(18)9-15(14)20)16-10(2)7-13(19)8-11(16)3/h5-9,17,21H,4H2,1-3H3. The molecular formula is C17H18ClF2N. The zero-order chi connectivity index (χ0) is 15.6. The van der Waals surface area contributed by atoms with Crippen molar-refractivity contribution in [2.24, 2.45) is 0 Å². The van der Waals surface area contributed by atoms with E-state index in [0.29, 0.717) is 17.1 Å². The largest absolute Gasteiger partial charge is 0.306 e. The van der Waals surface area contributed by atoms with Gasteiger partial charge in [0.2, 0.25) is 0 Å². The van der Waals surface area contributed by atoms with E-state index in [2.05, 4.69) is 5.32 Å². The van der Waals surface area contributed by atoms with Gasteiger partial charge in [0, 0.05) is 10.6 Å². The second-order valence-electron chi connectivity index (χ2n) is 5.11. The monoisotopic (exact) mass is 309 g/mol. The van der Waals surface area contributed by atoms with Crippen molar-refractivity contribution in [1.82, 2.24) is 5.32 Å². The van der Waals surface area contributed by atoms with Crippen molar-refractivity contribution in [3.8, 4) is 0 Å². The molecule has 1 unspecified atom stereocenters. The fourth-order valence-electron chi connectivity index (χ4n) is 2.68. The molecule has 112 valence electrons. The average molecular weight is 310 g/mol. The lowest BCUT2D eigenvalue weighted by molar-refractivity contribution is 0.554. The van der Waals surface area contributed by atoms with Gasteiger partial charge in [-0.25, -0.2) is 8.78 Å². The van der Waals surface area contributed by atoms with Gasteiger partial charge in [0.15, 0.2) is 0 Å². The van der Waals surface area contributed by atoms with E-state index in [-0.39, 0.29) is 17.7 Å². The van der Waals surface area contributed by atoms with Crippen molar-refractivity contribution in [3.05, 3.63) is 69.2 Å². The van der Waals surface area contributed by atoms with Crippen LogP contribution < -0.4 is 5.32 Å². The Labute approximate surface area is 128 Å². The lowest BCUT2D eigenvalue weighted by Gasteiger charge is -2.23. The van der Waals surface area contributed by atoms with Crippen LogP contribution in [0.2, 0.25) is 5.02 Å². The highest BCUT2D eigenvalue weighted by Crippen LogP contribution is 2.31. The molecule has 4 heteroatoms. The highest BCUT2D eigenvalue weighted by atomic mass is 35.5. The third-order valence-corrected chi connectivity index (χ3v) is 3.76. The van der Waals surface area contributed by atoms with Crippen molar-refractivity contribution in [2.45, 2.75) is 26.8 Å². The van der Waals surface area contributed by atoms with Crippen LogP contribution in [-0.2, 0) is 0 Å². The summed E-state index contributed by atoms with van der Waals surface area (Å²) in [5.74, 6) is -0.642. The van der Waals surface area contributed by atoms with E-state index in [1.807, 2.05) is 20.8 Å². The molecule has 0 aliphatic rings. The Morgan fingerprint density at radius 1 is 1.10 bits per heavy atom. The predicted octanol–water partition coefficient (Wildman–Crippen LogP) is 4.93. The molecule has 0 amide bonds. The highest BCUT2D eigenvalue weighted by Gasteiger charge is 2.21. The maximum atomic E-state index is 14.3. The van der Waals surface area contributed by atoms with Crippen molar-refractivity contribution >= 4 is 11.6 Å². The molecule has 1 N–H and O–H groups in total. The Kier molecular flexibility index (Phi) is 4.96. The average Bonchev–Trinajstić information content (AvgIpc) is 2.37. The van der Waals surface area contributed by atoms with E-state index in [1.165, 1.54) is 18.2 Å². The lowest BCUT2D eigenvalue weighted by atomic mass is 9.91. The highest BCUT2D eigenvalue weighted by molar-refractivity contribution is 6.30. The Balaban J connectivity index is 2.59. The number of halogens is 3. The third kappa shape index (κ3) is 3.42. The summed E-state index contributed by atoms with van der Waals surface area (Å²) in [4.78, 5) is 0. The van der Waals surface area contributed by atoms with Crippen LogP contribution in [-0.4, -0.2) is 6.54 Å². The van der Waals surface area contributed by atoms with Crippen LogP contribution in [0.5, 0.6) is 0 Å². The Bertz CT molecular complexity index is 632. The number of benzene rings is 2. The van der Waals surface area contributed by atoms with E-state index in [4.69, 9.17) is 11.6 Å². The van der Waals surface area contributed by atoms with Gasteiger partial charge >= 0.3 is 0 Å². The third-order valence-electron chi connectivity index (χ3n) is 3.53. The van der Waals surface area contributed by atoms with Gasteiger partial charge < -0.3 is 5.32 Å². The number of nitrogens with one attached hydrogen (secondary N) is 1. The Morgan fingerprint density at radius 2 is 1.71 bits per heavy atom. The smallest absolute Gasteiger partial charge is 0.129 e. The van der Waals surface area contributed by atoms with Crippen LogP contribution in [0.15, 0.2) is 30.3 Å². The molecule has 2 rings (SSSR count). The number of hydrogen-bond acceptors (Lipinski definition) is 1. The zero-order valence-corrected chi connectivity index (χ0v) is 13.1. The van der Waals surface area contributed by atoms with E-state index >= 15 is 0 Å². The summed E-state index contributed by atoms with van der Waals surface area (Å²) in [6, 6.07) is 7.26. The molecule has 0 aliphatic carbocycles. The molecule has 0 saturated carbocycles. The SMILES string of the molecule is CCNC(c1ccc(Cl)cc1F)c1c(C)cc(F)cc1C. The second-order valence-corrected chi connectivity index (χ2v) is 5.55. The van der Waals surface area contributed by atoms with E-state index in [1.54, 1.807) is 12.1 Å². The van der Waals surface area contributed by atoms with Gasteiger partial charge in [0.05, 0.1) is 6.04 Å². The summed E-state index contributed by atoms with van der Waals surface area (Å²) in [5, 5.41) is 3.63. The Hall–Kier alpha value is -1.45. The van der Waals surface area contributed by atoms with E-state index in [9.17, 15) is 8.78 Å². The molecule has 0 spiro atoms. The Morgan fingerprint density at radius 3 is 2.24 bits per heavy atom. The van der Waals surface area contributed by atoms with Gasteiger partial charge in [-0.3, -0.25) is 0 Å². The molecule has 1 atom stereocenters. The molecule has 2 aromatic carbocycles. The minimum Gasteiger partial charge on any atom is -0.306 e. The fourth-order valence-corrected chi connectivity index (χ4v) is 2.84. The molecule has 0 fully saturated rings. The van der Waals surface area contributed by atoms with Crippen molar-refractivity contribution in [1.29, 1.82) is 0 Å². The van der Waals surface area contributed by atoms with Crippen LogP contribution in [0.3, 0.4) is 0 Å². The van der Waals surface area contributed by atoms with Crippen molar-refractivity contribution < 1.29 is 8.78 Å². The molecule has 0 aliphatic heterocycles. The molecule has 0 radical (unpaired) electrons. The molecule has 2 aromatic rings. The second kappa shape index (κ2) is 6.54. The minimum absolute atomic E-state index is 0.277. The summed E-state index contributed by atoms with van der Waals surface area (Å²) >= 11 is 5.82. The molecular weight excluding hydrogens is 292 g/mol. The molecule has 0 aromatic heterocycles. The van der Waals surface area contributed by atoms with Gasteiger partial charge in [-0.2, -0.15) is 0 Å². The molecule has 0 saturated heterocycles. The quantitative estimate of drug-likeness (QED) is 0.844. The van der Waals surface area contributed by atoms with E-state index in [0.717, 1.165) is 16.7 Å². The van der Waals surface area contributed by atoms with Gasteiger partial charge in [0.1, 0.15) is 11.6 Å². The summed E-state index contributed by atoms with van der Waals surface area (Å²) < 4.78 is 27.7. The van der Waals surface area contributed by atoms with Gasteiger partial charge in [-0.05, 0) is 61.3 Å². The zero-order valence-electron chi connectivity index (χ0n) is 12.3. The molecule has 21 heavy (non-hydrogen) atoms. The summed E-state index contributed by atoms with van der Waals surface area (Å²) in [7, 11) is 0. The van der Waals surface area contributed by atoms with Gasteiger partial charge in [-0.1, -0.05) is 24.6 Å². The maximum absolute atomic E-state index is 14.3. The summed E-state index contributed by atoms with van der Waals surface area (Å²) in [5.41, 5.74) is 3.01. The van der Waals surface area contributed by atoms with Crippen molar-refractivity contribution in [2.75, 3.05) is 6.54 Å². The first-order valence-electron chi connectivity index (χ1n) is 6.89. The fraction of sp³-hybridized carbons (Fsp3) is 0.294. The first-order valence-corrected chi connectivity index (χ1v) is 7.26. The van der Waals surface area contributed by atoms with Crippen LogP contribution >= 0.6 is 11.6 Å². The molecule has 0 bridgehead atoms. The van der Waals surface area contributed by atoms with Crippen LogP contribution in [0.1, 0.15) is 35.2 Å². The summed E-state index contributed by atoms with van der Waals surface area (Å²) in [6.45, 7) is 6.30. The molecule has 1 nitrogen and oxygen atoms in total. The van der Waals surface area contributed by atoms with Crippen LogP contribution in [0, 0.1) is 25.5 Å². The number of hydrogen-bond donors (Lipinski definition) is 1. The maximum Gasteiger partial charge on any atom is 0.129 e. The minimum atomic E-state index is -0.364. The first kappa shape index (κ1) is 15.9. The number of aryl methyl sites for hydroxylation is 2. The van der Waals surface area contributed by atoms with Crippen molar-refractivity contribution in [3.63, 3.8) is 0 Å². The summed E-state index contributed by atoms with van der Waals surface area (Å²) in [6.07, 6.45) is 0.